The zero-order valence-electron chi connectivity index (χ0n) is 11.5. The second kappa shape index (κ2) is 6.96. The number of halogens is 1. The predicted octanol–water partition coefficient (Wildman–Crippen LogP) is 2.92. The van der Waals surface area contributed by atoms with Crippen molar-refractivity contribution in [1.29, 1.82) is 0 Å². The summed E-state index contributed by atoms with van der Waals surface area (Å²) in [6.45, 7) is 11.3. The van der Waals surface area contributed by atoms with Gasteiger partial charge in [0.05, 0.1) is 0 Å². The standard InChI is InChI=1S/C14H28N2.ClH/c1-14(2)7-3-4-9-16(12-14)11-13-6-5-8-15-10-13;/h13,15H,3-12H2,1-2H3;1H. The normalized spacial score (nSPS) is 30.4. The average molecular weight is 261 g/mol. The van der Waals surface area contributed by atoms with Gasteiger partial charge in [0.2, 0.25) is 0 Å². The minimum atomic E-state index is 0. The van der Waals surface area contributed by atoms with E-state index in [0.717, 1.165) is 5.92 Å². The number of hydrogen-bond donors (Lipinski definition) is 1. The van der Waals surface area contributed by atoms with Gasteiger partial charge >= 0.3 is 0 Å². The quantitative estimate of drug-likeness (QED) is 0.821. The van der Waals surface area contributed by atoms with Gasteiger partial charge in [0.1, 0.15) is 0 Å². The zero-order valence-corrected chi connectivity index (χ0v) is 12.3. The first-order chi connectivity index (χ1) is 7.66. The number of nitrogens with one attached hydrogen (secondary N) is 1. The molecule has 2 rings (SSSR count). The Bertz CT molecular complexity index is 212. The first-order valence-electron chi connectivity index (χ1n) is 7.09. The molecule has 17 heavy (non-hydrogen) atoms. The lowest BCUT2D eigenvalue weighted by molar-refractivity contribution is 0.160. The first-order valence-corrected chi connectivity index (χ1v) is 7.09. The molecule has 2 saturated heterocycles. The third-order valence-electron chi connectivity index (χ3n) is 4.14. The fourth-order valence-corrected chi connectivity index (χ4v) is 3.30. The van der Waals surface area contributed by atoms with Gasteiger partial charge in [-0.3, -0.25) is 0 Å². The SMILES string of the molecule is CC1(C)CCCCN(CC2CCCNC2)C1.Cl. The van der Waals surface area contributed by atoms with E-state index >= 15 is 0 Å². The van der Waals surface area contributed by atoms with Gasteiger partial charge in [-0.2, -0.15) is 0 Å². The fraction of sp³-hybridized carbons (Fsp3) is 1.00. The molecule has 0 aliphatic carbocycles. The van der Waals surface area contributed by atoms with E-state index in [0.29, 0.717) is 5.41 Å². The Kier molecular flexibility index (Phi) is 6.25. The monoisotopic (exact) mass is 260 g/mol. The van der Waals surface area contributed by atoms with Crippen molar-refractivity contribution in [3.8, 4) is 0 Å². The highest BCUT2D eigenvalue weighted by Crippen LogP contribution is 2.28. The van der Waals surface area contributed by atoms with Gasteiger partial charge in [0.15, 0.2) is 0 Å². The molecule has 2 nitrogen and oxygen atoms in total. The molecule has 2 aliphatic heterocycles. The smallest absolute Gasteiger partial charge is 0.00328 e. The van der Waals surface area contributed by atoms with Crippen LogP contribution < -0.4 is 5.32 Å². The molecule has 3 heteroatoms. The van der Waals surface area contributed by atoms with Crippen LogP contribution in [0.4, 0.5) is 0 Å². The summed E-state index contributed by atoms with van der Waals surface area (Å²) in [6.07, 6.45) is 7.05. The van der Waals surface area contributed by atoms with Gasteiger partial charge in [-0.25, -0.2) is 0 Å². The van der Waals surface area contributed by atoms with Crippen molar-refractivity contribution >= 4 is 12.4 Å². The predicted molar refractivity (Wildman–Crippen MR) is 76.9 cm³/mol. The highest BCUT2D eigenvalue weighted by molar-refractivity contribution is 5.85. The minimum absolute atomic E-state index is 0. The number of piperidine rings is 1. The Morgan fingerprint density at radius 1 is 1.24 bits per heavy atom. The third kappa shape index (κ3) is 5.15. The Labute approximate surface area is 113 Å². The topological polar surface area (TPSA) is 15.3 Å². The summed E-state index contributed by atoms with van der Waals surface area (Å²) in [5.41, 5.74) is 0.540. The van der Waals surface area contributed by atoms with E-state index in [4.69, 9.17) is 0 Å². The Balaban J connectivity index is 0.00000144. The highest BCUT2D eigenvalue weighted by atomic mass is 35.5. The van der Waals surface area contributed by atoms with Gasteiger partial charge in [-0.05, 0) is 56.7 Å². The van der Waals surface area contributed by atoms with Crippen molar-refractivity contribution in [2.24, 2.45) is 11.3 Å². The summed E-state index contributed by atoms with van der Waals surface area (Å²) in [5.74, 6) is 0.905. The van der Waals surface area contributed by atoms with Crippen molar-refractivity contribution in [3.63, 3.8) is 0 Å². The van der Waals surface area contributed by atoms with Crippen LogP contribution in [0.3, 0.4) is 0 Å². The van der Waals surface area contributed by atoms with Crippen molar-refractivity contribution < 1.29 is 0 Å². The van der Waals surface area contributed by atoms with Crippen LogP contribution in [-0.4, -0.2) is 37.6 Å². The Hall–Kier alpha value is 0.210. The molecule has 1 atom stereocenters. The van der Waals surface area contributed by atoms with E-state index in [9.17, 15) is 0 Å². The molecule has 2 fully saturated rings. The van der Waals surface area contributed by atoms with Crippen LogP contribution in [0.15, 0.2) is 0 Å². The van der Waals surface area contributed by atoms with Crippen molar-refractivity contribution in [2.45, 2.75) is 46.0 Å². The van der Waals surface area contributed by atoms with E-state index in [-0.39, 0.29) is 12.4 Å². The van der Waals surface area contributed by atoms with E-state index in [1.807, 2.05) is 0 Å². The van der Waals surface area contributed by atoms with E-state index in [1.54, 1.807) is 0 Å². The molecule has 0 radical (unpaired) electrons. The molecule has 0 bridgehead atoms. The molecule has 102 valence electrons. The minimum Gasteiger partial charge on any atom is -0.316 e. The Morgan fingerprint density at radius 2 is 2.06 bits per heavy atom. The molecule has 0 aromatic heterocycles. The number of hydrogen-bond acceptors (Lipinski definition) is 2. The zero-order chi connectivity index (χ0) is 11.4. The maximum atomic E-state index is 3.53. The summed E-state index contributed by atoms with van der Waals surface area (Å²) in [4.78, 5) is 2.73. The van der Waals surface area contributed by atoms with Crippen molar-refractivity contribution in [2.75, 3.05) is 32.7 Å². The lowest BCUT2D eigenvalue weighted by atomic mass is 9.88. The van der Waals surface area contributed by atoms with E-state index < -0.39 is 0 Å². The second-order valence-electron chi connectivity index (χ2n) is 6.57. The summed E-state index contributed by atoms with van der Waals surface area (Å²) in [6, 6.07) is 0. The molecule has 2 aliphatic rings. The molecule has 0 spiro atoms. The number of rotatable bonds is 2. The molecular weight excluding hydrogens is 232 g/mol. The molecule has 1 N–H and O–H groups in total. The van der Waals surface area contributed by atoms with Crippen LogP contribution >= 0.6 is 12.4 Å². The van der Waals surface area contributed by atoms with Crippen LogP contribution in [0.25, 0.3) is 0 Å². The Morgan fingerprint density at radius 3 is 2.76 bits per heavy atom. The largest absolute Gasteiger partial charge is 0.316 e. The average Bonchev–Trinajstić information content (AvgIpc) is 2.40. The van der Waals surface area contributed by atoms with Gasteiger partial charge in [-0.15, -0.1) is 12.4 Å². The number of likely N-dealkylation sites (tertiary alicyclic amines) is 1. The number of nitrogens with zero attached hydrogens (tertiary/aromatic N) is 1. The molecule has 0 aromatic rings. The fourth-order valence-electron chi connectivity index (χ4n) is 3.30. The van der Waals surface area contributed by atoms with Gasteiger partial charge in [0.25, 0.3) is 0 Å². The first kappa shape index (κ1) is 15.3. The van der Waals surface area contributed by atoms with Crippen molar-refractivity contribution in [1.82, 2.24) is 10.2 Å². The molecule has 1 unspecified atom stereocenters. The lowest BCUT2D eigenvalue weighted by Gasteiger charge is -2.33. The molecule has 0 aromatic carbocycles. The highest BCUT2D eigenvalue weighted by Gasteiger charge is 2.26. The van der Waals surface area contributed by atoms with Crippen LogP contribution in [0.2, 0.25) is 0 Å². The van der Waals surface area contributed by atoms with E-state index in [2.05, 4.69) is 24.1 Å². The summed E-state index contributed by atoms with van der Waals surface area (Å²) in [5, 5.41) is 3.53. The second-order valence-corrected chi connectivity index (χ2v) is 6.57. The maximum Gasteiger partial charge on any atom is 0.00328 e. The summed E-state index contributed by atoms with van der Waals surface area (Å²) < 4.78 is 0. The van der Waals surface area contributed by atoms with Gasteiger partial charge < -0.3 is 10.2 Å². The van der Waals surface area contributed by atoms with Gasteiger partial charge in [-0.1, -0.05) is 20.3 Å². The van der Waals surface area contributed by atoms with Crippen LogP contribution in [0.1, 0.15) is 46.0 Å². The molecule has 0 amide bonds. The molecule has 0 saturated carbocycles. The molecular formula is C14H29ClN2. The lowest BCUT2D eigenvalue weighted by Crippen LogP contribution is -2.41. The van der Waals surface area contributed by atoms with Crippen molar-refractivity contribution in [3.05, 3.63) is 0 Å². The van der Waals surface area contributed by atoms with Crippen LogP contribution in [0, 0.1) is 11.3 Å². The summed E-state index contributed by atoms with van der Waals surface area (Å²) in [7, 11) is 0. The van der Waals surface area contributed by atoms with Crippen LogP contribution in [0.5, 0.6) is 0 Å². The van der Waals surface area contributed by atoms with Crippen LogP contribution in [-0.2, 0) is 0 Å². The van der Waals surface area contributed by atoms with E-state index in [1.165, 1.54) is 64.8 Å². The third-order valence-corrected chi connectivity index (χ3v) is 4.14. The maximum absolute atomic E-state index is 3.53. The molecule has 2 heterocycles. The summed E-state index contributed by atoms with van der Waals surface area (Å²) >= 11 is 0. The van der Waals surface area contributed by atoms with Gasteiger partial charge in [0, 0.05) is 13.1 Å².